The van der Waals surface area contributed by atoms with E-state index in [2.05, 4.69) is 20.2 Å². The second-order valence-electron chi connectivity index (χ2n) is 8.41. The zero-order chi connectivity index (χ0) is 24.8. The summed E-state index contributed by atoms with van der Waals surface area (Å²) >= 11 is 0. The fourth-order valence-electron chi connectivity index (χ4n) is 4.00. The van der Waals surface area contributed by atoms with Gasteiger partial charge < -0.3 is 29.2 Å². The summed E-state index contributed by atoms with van der Waals surface area (Å²) in [4.78, 5) is 33.9. The van der Waals surface area contributed by atoms with Crippen molar-refractivity contribution in [1.29, 1.82) is 0 Å². The Bertz CT molecular complexity index is 1230. The first-order chi connectivity index (χ1) is 17.0. The smallest absolute Gasteiger partial charge is 0.329 e. The van der Waals surface area contributed by atoms with E-state index in [9.17, 15) is 14.7 Å². The Kier molecular flexibility index (Phi) is 8.06. The molecule has 2 aromatic heterocycles. The molecule has 1 aliphatic rings. The molecule has 1 fully saturated rings. The molecule has 0 radical (unpaired) electrons. The Morgan fingerprint density at radius 1 is 1.20 bits per heavy atom. The van der Waals surface area contributed by atoms with Crippen LogP contribution in [-0.4, -0.2) is 88.3 Å². The molecule has 0 aliphatic carbocycles. The van der Waals surface area contributed by atoms with Crippen molar-refractivity contribution in [3.8, 4) is 11.5 Å². The number of ether oxygens (including phenoxy) is 3. The third kappa shape index (κ3) is 6.02. The molecule has 0 saturated carbocycles. The first-order valence-electron chi connectivity index (χ1n) is 11.6. The lowest BCUT2D eigenvalue weighted by Crippen LogP contribution is -2.37. The summed E-state index contributed by atoms with van der Waals surface area (Å²) in [5.41, 5.74) is -0.640. The van der Waals surface area contributed by atoms with Crippen LogP contribution in [0.2, 0.25) is 0 Å². The predicted octanol–water partition coefficient (Wildman–Crippen LogP) is 0.00600. The Labute approximate surface area is 202 Å². The van der Waals surface area contributed by atoms with E-state index in [0.29, 0.717) is 24.0 Å². The highest BCUT2D eigenvalue weighted by Gasteiger charge is 2.20. The highest BCUT2D eigenvalue weighted by molar-refractivity contribution is 5.74. The zero-order valence-corrected chi connectivity index (χ0v) is 20.0. The normalized spacial score (nSPS) is 15.3. The first kappa shape index (κ1) is 24.8. The van der Waals surface area contributed by atoms with E-state index in [4.69, 9.17) is 14.2 Å². The van der Waals surface area contributed by atoms with Crippen LogP contribution < -0.4 is 26.0 Å². The van der Waals surface area contributed by atoms with E-state index in [0.717, 1.165) is 39.3 Å². The number of fused-ring (bicyclic) bond motifs is 1. The van der Waals surface area contributed by atoms with Gasteiger partial charge in [-0.2, -0.15) is 4.98 Å². The van der Waals surface area contributed by atoms with Crippen molar-refractivity contribution in [3.05, 3.63) is 45.1 Å². The molecule has 1 aliphatic heterocycles. The van der Waals surface area contributed by atoms with Gasteiger partial charge in [-0.1, -0.05) is 0 Å². The summed E-state index contributed by atoms with van der Waals surface area (Å²) in [7, 11) is 3.13. The van der Waals surface area contributed by atoms with Gasteiger partial charge in [-0.25, -0.2) is 4.79 Å². The largest absolute Gasteiger partial charge is 0.497 e. The molecule has 35 heavy (non-hydrogen) atoms. The van der Waals surface area contributed by atoms with Crippen molar-refractivity contribution in [1.82, 2.24) is 24.0 Å². The lowest BCUT2D eigenvalue weighted by atomic mass is 10.3. The summed E-state index contributed by atoms with van der Waals surface area (Å²) in [6.45, 7) is 4.91. The van der Waals surface area contributed by atoms with Gasteiger partial charge in [0.2, 0.25) is 5.95 Å². The van der Waals surface area contributed by atoms with Gasteiger partial charge in [0.15, 0.2) is 11.2 Å². The number of H-pyrrole nitrogens is 1. The van der Waals surface area contributed by atoms with Crippen LogP contribution in [0.5, 0.6) is 11.5 Å². The first-order valence-corrected chi connectivity index (χ1v) is 11.6. The Morgan fingerprint density at radius 3 is 2.63 bits per heavy atom. The van der Waals surface area contributed by atoms with Crippen LogP contribution in [0.15, 0.2) is 33.9 Å². The highest BCUT2D eigenvalue weighted by Crippen LogP contribution is 2.19. The third-order valence-corrected chi connectivity index (χ3v) is 5.94. The molecule has 12 heteroatoms. The van der Waals surface area contributed by atoms with Crippen LogP contribution in [0.4, 0.5) is 5.95 Å². The van der Waals surface area contributed by atoms with Crippen molar-refractivity contribution < 1.29 is 19.3 Å². The summed E-state index contributed by atoms with van der Waals surface area (Å²) in [5.74, 6) is 1.70. The molecule has 1 unspecified atom stereocenters. The van der Waals surface area contributed by atoms with Crippen molar-refractivity contribution in [2.75, 3.05) is 58.4 Å². The minimum absolute atomic E-state index is 0.00609. The minimum Gasteiger partial charge on any atom is -0.497 e. The topological polar surface area (TPSA) is 136 Å². The van der Waals surface area contributed by atoms with Crippen molar-refractivity contribution >= 4 is 17.1 Å². The Balaban J connectivity index is 1.47. The number of aliphatic hydroxyl groups excluding tert-OH is 1. The van der Waals surface area contributed by atoms with Gasteiger partial charge in [0.05, 0.1) is 26.9 Å². The SMILES string of the molecule is COc1ccc(OCC(O)Cn2c(NCCCN3CCOCC3)nc3c2c(=O)[nH]c(=O)n3C)cc1. The highest BCUT2D eigenvalue weighted by atomic mass is 16.5. The number of aliphatic hydroxyl groups is 1. The quantitative estimate of drug-likeness (QED) is 0.319. The average molecular weight is 489 g/mol. The van der Waals surface area contributed by atoms with E-state index in [-0.39, 0.29) is 24.3 Å². The van der Waals surface area contributed by atoms with Crippen LogP contribution >= 0.6 is 0 Å². The van der Waals surface area contributed by atoms with Crippen LogP contribution in [0, 0.1) is 0 Å². The zero-order valence-electron chi connectivity index (χ0n) is 20.0. The van der Waals surface area contributed by atoms with E-state index in [1.807, 2.05) is 0 Å². The molecular weight excluding hydrogens is 456 g/mol. The molecule has 0 bridgehead atoms. The van der Waals surface area contributed by atoms with Crippen LogP contribution in [-0.2, 0) is 18.3 Å². The number of aryl methyl sites for hydroxylation is 1. The van der Waals surface area contributed by atoms with E-state index < -0.39 is 17.4 Å². The molecule has 3 heterocycles. The number of benzene rings is 1. The molecule has 3 N–H and O–H groups in total. The summed E-state index contributed by atoms with van der Waals surface area (Å²) in [6.07, 6.45) is -0.0678. The van der Waals surface area contributed by atoms with Crippen molar-refractivity contribution in [2.45, 2.75) is 19.1 Å². The lowest BCUT2D eigenvalue weighted by Gasteiger charge is -2.26. The number of hydrogen-bond acceptors (Lipinski definition) is 9. The van der Waals surface area contributed by atoms with Gasteiger partial charge in [0.25, 0.3) is 5.56 Å². The van der Waals surface area contributed by atoms with Gasteiger partial charge in [-0.3, -0.25) is 19.2 Å². The lowest BCUT2D eigenvalue weighted by molar-refractivity contribution is 0.0378. The van der Waals surface area contributed by atoms with E-state index >= 15 is 0 Å². The molecule has 12 nitrogen and oxygen atoms in total. The number of nitrogens with zero attached hydrogens (tertiary/aromatic N) is 4. The Morgan fingerprint density at radius 2 is 1.91 bits per heavy atom. The Hall–Kier alpha value is -3.35. The average Bonchev–Trinajstić information content (AvgIpc) is 3.23. The molecular formula is C23H32N6O6. The molecule has 3 aromatic rings. The molecule has 0 amide bonds. The predicted molar refractivity (Wildman–Crippen MR) is 130 cm³/mol. The van der Waals surface area contributed by atoms with E-state index in [1.54, 1.807) is 43.0 Å². The number of imidazole rings is 1. The molecule has 1 atom stereocenters. The fraction of sp³-hybridized carbons (Fsp3) is 0.522. The van der Waals surface area contributed by atoms with Gasteiger partial charge in [-0.15, -0.1) is 0 Å². The van der Waals surface area contributed by atoms with Crippen molar-refractivity contribution in [3.63, 3.8) is 0 Å². The van der Waals surface area contributed by atoms with Crippen LogP contribution in [0.25, 0.3) is 11.2 Å². The molecule has 0 spiro atoms. The minimum atomic E-state index is -0.931. The number of anilines is 1. The summed E-state index contributed by atoms with van der Waals surface area (Å²) in [5, 5.41) is 14.0. The maximum Gasteiger partial charge on any atom is 0.329 e. The van der Waals surface area contributed by atoms with Crippen molar-refractivity contribution in [2.24, 2.45) is 7.05 Å². The van der Waals surface area contributed by atoms with Gasteiger partial charge in [0, 0.05) is 26.7 Å². The number of methoxy groups -OCH3 is 1. The maximum atomic E-state index is 12.6. The molecule has 1 aromatic carbocycles. The monoisotopic (exact) mass is 488 g/mol. The summed E-state index contributed by atoms with van der Waals surface area (Å²) in [6, 6.07) is 7.04. The third-order valence-electron chi connectivity index (χ3n) is 5.94. The standard InChI is InChI=1S/C23H32N6O6/c1-27-20-19(21(31)26-23(27)32)29(14-16(30)15-35-18-6-4-17(33-2)5-7-18)22(25-20)24-8-3-9-28-10-12-34-13-11-28/h4-7,16,30H,3,8-15H2,1-2H3,(H,24,25)(H,26,31,32). The number of rotatable bonds is 11. The second kappa shape index (κ2) is 11.4. The number of aromatic amines is 1. The van der Waals surface area contributed by atoms with E-state index in [1.165, 1.54) is 4.57 Å². The van der Waals surface area contributed by atoms with Gasteiger partial charge >= 0.3 is 5.69 Å². The maximum absolute atomic E-state index is 12.6. The molecule has 190 valence electrons. The number of hydrogen-bond donors (Lipinski definition) is 3. The van der Waals surface area contributed by atoms with Crippen LogP contribution in [0.1, 0.15) is 6.42 Å². The van der Waals surface area contributed by atoms with Gasteiger partial charge in [-0.05, 0) is 37.2 Å². The summed E-state index contributed by atoms with van der Waals surface area (Å²) < 4.78 is 19.1. The fourth-order valence-corrected chi connectivity index (χ4v) is 4.00. The number of morpholine rings is 1. The molecule has 4 rings (SSSR count). The van der Waals surface area contributed by atoms with Crippen LogP contribution in [0.3, 0.4) is 0 Å². The number of nitrogens with one attached hydrogen (secondary N) is 2. The second-order valence-corrected chi connectivity index (χ2v) is 8.41. The number of aromatic nitrogens is 4. The molecule has 1 saturated heterocycles. The van der Waals surface area contributed by atoms with Gasteiger partial charge in [0.1, 0.15) is 24.2 Å².